The molecular weight excluding hydrogens is 308 g/mol. The van der Waals surface area contributed by atoms with E-state index in [-0.39, 0.29) is 36.8 Å². The smallest absolute Gasteiger partial charge is 0.326 e. The molecule has 1 aliphatic heterocycles. The van der Waals surface area contributed by atoms with Crippen LogP contribution in [0.25, 0.3) is 0 Å². The summed E-state index contributed by atoms with van der Waals surface area (Å²) >= 11 is 0. The summed E-state index contributed by atoms with van der Waals surface area (Å²) < 4.78 is 5.15. The van der Waals surface area contributed by atoms with Crippen LogP contribution in [0.2, 0.25) is 0 Å². The molecule has 0 aromatic heterocycles. The van der Waals surface area contributed by atoms with Gasteiger partial charge in [0.25, 0.3) is 0 Å². The predicted molar refractivity (Wildman–Crippen MR) is 83.1 cm³/mol. The van der Waals surface area contributed by atoms with Crippen molar-refractivity contribution in [3.8, 4) is 6.07 Å². The van der Waals surface area contributed by atoms with Crippen molar-refractivity contribution >= 4 is 17.8 Å². The van der Waals surface area contributed by atoms with Gasteiger partial charge in [-0.15, -0.1) is 0 Å². The van der Waals surface area contributed by atoms with Crippen LogP contribution in [0.15, 0.2) is 24.3 Å². The van der Waals surface area contributed by atoms with Gasteiger partial charge in [0.2, 0.25) is 11.8 Å². The summed E-state index contributed by atoms with van der Waals surface area (Å²) in [6.45, 7) is -0.269. The lowest BCUT2D eigenvalue weighted by Crippen LogP contribution is -2.36. The molecule has 0 N–H and O–H groups in total. The van der Waals surface area contributed by atoms with E-state index >= 15 is 0 Å². The first-order chi connectivity index (χ1) is 11.6. The molecule has 1 saturated carbocycles. The normalized spacial score (nSPS) is 22.9. The van der Waals surface area contributed by atoms with E-state index in [0.717, 1.165) is 36.1 Å². The van der Waals surface area contributed by atoms with Crippen LogP contribution >= 0.6 is 0 Å². The summed E-state index contributed by atoms with van der Waals surface area (Å²) in [7, 11) is 0. The number of likely N-dealkylation sites (tertiary alicyclic amines) is 1. The number of carbonyl (C=O) groups is 3. The molecule has 2 fully saturated rings. The second kappa shape index (κ2) is 6.83. The number of hydrogen-bond acceptors (Lipinski definition) is 5. The molecule has 2 atom stereocenters. The highest BCUT2D eigenvalue weighted by molar-refractivity contribution is 6.07. The molecule has 2 aliphatic rings. The van der Waals surface area contributed by atoms with Gasteiger partial charge in [0, 0.05) is 0 Å². The number of amides is 2. The zero-order chi connectivity index (χ0) is 17.1. The molecule has 6 heteroatoms. The average Bonchev–Trinajstić information content (AvgIpc) is 2.86. The fourth-order valence-electron chi connectivity index (χ4n) is 3.40. The van der Waals surface area contributed by atoms with Crippen molar-refractivity contribution in [3.05, 3.63) is 35.4 Å². The average molecular weight is 326 g/mol. The number of fused-ring (bicyclic) bond motifs is 1. The number of nitrogens with zero attached hydrogens (tertiary/aromatic N) is 2. The predicted octanol–water partition coefficient (Wildman–Crippen LogP) is 1.78. The van der Waals surface area contributed by atoms with Crippen LogP contribution in [-0.4, -0.2) is 29.2 Å². The number of hydrogen-bond donors (Lipinski definition) is 0. The van der Waals surface area contributed by atoms with Crippen molar-refractivity contribution in [2.24, 2.45) is 11.8 Å². The van der Waals surface area contributed by atoms with Gasteiger partial charge >= 0.3 is 5.97 Å². The van der Waals surface area contributed by atoms with Gasteiger partial charge < -0.3 is 4.74 Å². The van der Waals surface area contributed by atoms with E-state index in [1.54, 1.807) is 24.3 Å². The third kappa shape index (κ3) is 3.16. The van der Waals surface area contributed by atoms with E-state index in [4.69, 9.17) is 10.00 Å². The standard InChI is InChI=1S/C18H18N2O4/c19-9-12-5-7-13(8-6-12)11-24-16(21)10-20-17(22)14-3-1-2-4-15(14)18(20)23/h5-8,14-15H,1-4,10-11H2/t14-,15-/m1/s1. The fraction of sp³-hybridized carbons (Fsp3) is 0.444. The number of rotatable bonds is 4. The molecule has 1 heterocycles. The monoisotopic (exact) mass is 326 g/mol. The zero-order valence-electron chi connectivity index (χ0n) is 13.2. The number of benzene rings is 1. The zero-order valence-corrected chi connectivity index (χ0v) is 13.2. The van der Waals surface area contributed by atoms with Crippen molar-refractivity contribution in [2.45, 2.75) is 32.3 Å². The molecule has 24 heavy (non-hydrogen) atoms. The lowest BCUT2D eigenvalue weighted by atomic mass is 9.81. The lowest BCUT2D eigenvalue weighted by molar-refractivity contribution is -0.153. The Balaban J connectivity index is 1.55. The van der Waals surface area contributed by atoms with Gasteiger partial charge in [-0.3, -0.25) is 19.3 Å². The molecular formula is C18H18N2O4. The van der Waals surface area contributed by atoms with Crippen LogP contribution in [0.5, 0.6) is 0 Å². The fourth-order valence-corrected chi connectivity index (χ4v) is 3.40. The quantitative estimate of drug-likeness (QED) is 0.621. The largest absolute Gasteiger partial charge is 0.459 e. The first-order valence-electron chi connectivity index (χ1n) is 8.10. The second-order valence-corrected chi connectivity index (χ2v) is 6.23. The topological polar surface area (TPSA) is 87.5 Å². The van der Waals surface area contributed by atoms with Gasteiger partial charge in [-0.1, -0.05) is 25.0 Å². The maximum Gasteiger partial charge on any atom is 0.326 e. The van der Waals surface area contributed by atoms with Gasteiger partial charge in [-0.25, -0.2) is 0 Å². The highest BCUT2D eigenvalue weighted by Crippen LogP contribution is 2.37. The second-order valence-electron chi connectivity index (χ2n) is 6.23. The summed E-state index contributed by atoms with van der Waals surface area (Å²) in [6.07, 6.45) is 3.37. The van der Waals surface area contributed by atoms with Crippen LogP contribution < -0.4 is 0 Å². The number of carbonyl (C=O) groups excluding carboxylic acids is 3. The van der Waals surface area contributed by atoms with E-state index in [0.29, 0.717) is 5.56 Å². The van der Waals surface area contributed by atoms with Crippen LogP contribution in [0.4, 0.5) is 0 Å². The Hall–Kier alpha value is -2.68. The number of imide groups is 1. The Labute approximate surface area is 140 Å². The van der Waals surface area contributed by atoms with E-state index in [9.17, 15) is 14.4 Å². The van der Waals surface area contributed by atoms with Crippen LogP contribution in [0.1, 0.15) is 36.8 Å². The first-order valence-corrected chi connectivity index (χ1v) is 8.10. The maximum absolute atomic E-state index is 12.3. The van der Waals surface area contributed by atoms with E-state index in [1.807, 2.05) is 6.07 Å². The van der Waals surface area contributed by atoms with Crippen LogP contribution in [-0.2, 0) is 25.7 Å². The Morgan fingerprint density at radius 1 is 1.12 bits per heavy atom. The Morgan fingerprint density at radius 3 is 2.25 bits per heavy atom. The third-order valence-electron chi connectivity index (χ3n) is 4.70. The summed E-state index contributed by atoms with van der Waals surface area (Å²) in [6, 6.07) is 8.69. The van der Waals surface area contributed by atoms with Crippen molar-refractivity contribution in [1.82, 2.24) is 4.90 Å². The van der Waals surface area contributed by atoms with Gasteiger partial charge in [0.15, 0.2) is 0 Å². The highest BCUT2D eigenvalue weighted by Gasteiger charge is 2.48. The van der Waals surface area contributed by atoms with Gasteiger partial charge in [-0.05, 0) is 30.5 Å². The number of esters is 1. The van der Waals surface area contributed by atoms with E-state index in [2.05, 4.69) is 0 Å². The number of ether oxygens (including phenoxy) is 1. The molecule has 0 bridgehead atoms. The first kappa shape index (κ1) is 16.2. The van der Waals surface area contributed by atoms with Crippen molar-refractivity contribution in [1.29, 1.82) is 5.26 Å². The Kier molecular flexibility index (Phi) is 4.61. The van der Waals surface area contributed by atoms with E-state index in [1.165, 1.54) is 0 Å². The van der Waals surface area contributed by atoms with Crippen molar-refractivity contribution < 1.29 is 19.1 Å². The number of nitriles is 1. The molecule has 0 unspecified atom stereocenters. The molecule has 1 aromatic rings. The minimum Gasteiger partial charge on any atom is -0.459 e. The maximum atomic E-state index is 12.3. The van der Waals surface area contributed by atoms with Crippen LogP contribution in [0.3, 0.4) is 0 Å². The lowest BCUT2D eigenvalue weighted by Gasteiger charge is -2.19. The minimum atomic E-state index is -0.597. The SMILES string of the molecule is N#Cc1ccc(COC(=O)CN2C(=O)[C@@H]3CCCC[C@H]3C2=O)cc1. The third-order valence-corrected chi connectivity index (χ3v) is 4.70. The summed E-state index contributed by atoms with van der Waals surface area (Å²) in [4.78, 5) is 37.6. The summed E-state index contributed by atoms with van der Waals surface area (Å²) in [5, 5.41) is 8.74. The van der Waals surface area contributed by atoms with Gasteiger partial charge in [0.05, 0.1) is 23.5 Å². The van der Waals surface area contributed by atoms with Crippen molar-refractivity contribution in [3.63, 3.8) is 0 Å². The van der Waals surface area contributed by atoms with Crippen molar-refractivity contribution in [2.75, 3.05) is 6.54 Å². The molecule has 1 aromatic carbocycles. The molecule has 1 aliphatic carbocycles. The molecule has 2 amide bonds. The minimum absolute atomic E-state index is 0.0492. The highest BCUT2D eigenvalue weighted by atomic mass is 16.5. The Morgan fingerprint density at radius 2 is 1.71 bits per heavy atom. The van der Waals surface area contributed by atoms with Gasteiger partial charge in [-0.2, -0.15) is 5.26 Å². The molecule has 3 rings (SSSR count). The summed E-state index contributed by atoms with van der Waals surface area (Å²) in [5.74, 6) is -1.57. The molecule has 124 valence electrons. The van der Waals surface area contributed by atoms with Gasteiger partial charge in [0.1, 0.15) is 13.2 Å². The summed E-state index contributed by atoms with van der Waals surface area (Å²) in [5.41, 5.74) is 1.27. The molecule has 6 nitrogen and oxygen atoms in total. The van der Waals surface area contributed by atoms with E-state index < -0.39 is 5.97 Å². The van der Waals surface area contributed by atoms with Crippen LogP contribution in [0, 0.1) is 23.2 Å². The molecule has 0 radical (unpaired) electrons. The molecule has 0 spiro atoms. The Bertz CT molecular complexity index is 681. The molecule has 1 saturated heterocycles.